The summed E-state index contributed by atoms with van der Waals surface area (Å²) in [6, 6.07) is 15.5. The molecule has 1 amide bonds. The number of rotatable bonds is 7. The summed E-state index contributed by atoms with van der Waals surface area (Å²) in [5.74, 6) is -0.175. The molecule has 8 heteroatoms. The first-order valence-electron chi connectivity index (χ1n) is 8.46. The Bertz CT molecular complexity index is 1050. The molecule has 0 saturated heterocycles. The predicted octanol–water partition coefficient (Wildman–Crippen LogP) is 3.31. The van der Waals surface area contributed by atoms with Crippen LogP contribution < -0.4 is 9.62 Å². The molecule has 1 heterocycles. The minimum atomic E-state index is -3.65. The van der Waals surface area contributed by atoms with Gasteiger partial charge in [-0.2, -0.15) is 0 Å². The number of anilines is 1. The predicted molar refractivity (Wildman–Crippen MR) is 104 cm³/mol. The highest BCUT2D eigenvalue weighted by atomic mass is 32.2. The second kappa shape index (κ2) is 8.26. The SMILES string of the molecule is CS(=O)(=O)N(Cc1ccccc1F)c1ccc(C(=O)NCc2ccco2)cc1. The topological polar surface area (TPSA) is 79.6 Å². The summed E-state index contributed by atoms with van der Waals surface area (Å²) in [6.07, 6.45) is 2.57. The van der Waals surface area contributed by atoms with Crippen molar-refractivity contribution in [3.63, 3.8) is 0 Å². The first-order chi connectivity index (χ1) is 13.3. The number of nitrogens with zero attached hydrogens (tertiary/aromatic N) is 1. The molecule has 2 aromatic carbocycles. The van der Waals surface area contributed by atoms with Gasteiger partial charge >= 0.3 is 0 Å². The van der Waals surface area contributed by atoms with E-state index in [-0.39, 0.29) is 24.6 Å². The van der Waals surface area contributed by atoms with Gasteiger partial charge in [-0.15, -0.1) is 0 Å². The van der Waals surface area contributed by atoms with Crippen molar-refractivity contribution in [2.24, 2.45) is 0 Å². The first-order valence-corrected chi connectivity index (χ1v) is 10.3. The molecule has 0 spiro atoms. The number of benzene rings is 2. The summed E-state index contributed by atoms with van der Waals surface area (Å²) in [6.45, 7) is 0.103. The molecule has 0 saturated carbocycles. The molecule has 1 N–H and O–H groups in total. The van der Waals surface area contributed by atoms with E-state index in [1.165, 1.54) is 42.7 Å². The van der Waals surface area contributed by atoms with Crippen molar-refractivity contribution in [3.05, 3.63) is 89.6 Å². The van der Waals surface area contributed by atoms with Crippen molar-refractivity contribution in [1.29, 1.82) is 0 Å². The third-order valence-corrected chi connectivity index (χ3v) is 5.23. The molecule has 0 aliphatic rings. The Morgan fingerprint density at radius 2 is 1.79 bits per heavy atom. The normalized spacial score (nSPS) is 11.2. The van der Waals surface area contributed by atoms with E-state index < -0.39 is 15.8 Å². The van der Waals surface area contributed by atoms with Gasteiger partial charge < -0.3 is 9.73 Å². The fraction of sp³-hybridized carbons (Fsp3) is 0.150. The zero-order valence-corrected chi connectivity index (χ0v) is 15.9. The maximum Gasteiger partial charge on any atom is 0.251 e. The summed E-state index contributed by atoms with van der Waals surface area (Å²) in [7, 11) is -3.65. The van der Waals surface area contributed by atoms with Crippen molar-refractivity contribution >= 4 is 21.6 Å². The van der Waals surface area contributed by atoms with Gasteiger partial charge in [0.1, 0.15) is 11.6 Å². The number of nitrogens with one attached hydrogen (secondary N) is 1. The maximum atomic E-state index is 13.9. The fourth-order valence-electron chi connectivity index (χ4n) is 2.64. The molecule has 0 atom stereocenters. The van der Waals surface area contributed by atoms with Crippen LogP contribution in [-0.2, 0) is 23.1 Å². The van der Waals surface area contributed by atoms with Gasteiger partial charge in [0.2, 0.25) is 10.0 Å². The van der Waals surface area contributed by atoms with Crippen LogP contribution in [0.3, 0.4) is 0 Å². The van der Waals surface area contributed by atoms with E-state index in [0.717, 1.165) is 10.6 Å². The van der Waals surface area contributed by atoms with Crippen LogP contribution in [0.2, 0.25) is 0 Å². The Morgan fingerprint density at radius 1 is 1.07 bits per heavy atom. The lowest BCUT2D eigenvalue weighted by molar-refractivity contribution is 0.0948. The largest absolute Gasteiger partial charge is 0.467 e. The zero-order valence-electron chi connectivity index (χ0n) is 15.1. The quantitative estimate of drug-likeness (QED) is 0.658. The second-order valence-corrected chi connectivity index (χ2v) is 8.08. The summed E-state index contributed by atoms with van der Waals surface area (Å²) in [5.41, 5.74) is 0.969. The third kappa shape index (κ3) is 4.77. The highest BCUT2D eigenvalue weighted by Gasteiger charge is 2.20. The Labute approximate surface area is 162 Å². The Balaban J connectivity index is 1.76. The van der Waals surface area contributed by atoms with Crippen molar-refractivity contribution in [2.45, 2.75) is 13.1 Å². The van der Waals surface area contributed by atoms with Crippen LogP contribution >= 0.6 is 0 Å². The molecule has 3 aromatic rings. The van der Waals surface area contributed by atoms with E-state index in [1.807, 2.05) is 0 Å². The smallest absolute Gasteiger partial charge is 0.251 e. The lowest BCUT2D eigenvalue weighted by atomic mass is 10.1. The lowest BCUT2D eigenvalue weighted by Crippen LogP contribution is -2.30. The van der Waals surface area contributed by atoms with Crippen LogP contribution in [0.1, 0.15) is 21.7 Å². The van der Waals surface area contributed by atoms with E-state index in [4.69, 9.17) is 4.42 Å². The van der Waals surface area contributed by atoms with Crippen molar-refractivity contribution in [1.82, 2.24) is 5.32 Å². The van der Waals surface area contributed by atoms with Crippen LogP contribution in [0.4, 0.5) is 10.1 Å². The Morgan fingerprint density at radius 3 is 2.39 bits per heavy atom. The average molecular weight is 402 g/mol. The molecule has 0 bridgehead atoms. The number of hydrogen-bond acceptors (Lipinski definition) is 4. The summed E-state index contributed by atoms with van der Waals surface area (Å²) < 4.78 is 44.6. The number of furan rings is 1. The standard InChI is InChI=1S/C20H19FN2O4S/c1-28(25,26)23(14-16-5-2-3-7-19(16)21)17-10-8-15(9-11-17)20(24)22-13-18-6-4-12-27-18/h2-12H,13-14H2,1H3,(H,22,24). The monoisotopic (exact) mass is 402 g/mol. The molecular formula is C20H19FN2O4S. The molecular weight excluding hydrogens is 383 g/mol. The highest BCUT2D eigenvalue weighted by Crippen LogP contribution is 2.22. The van der Waals surface area contributed by atoms with Gasteiger partial charge in [0.25, 0.3) is 5.91 Å². The number of carbonyl (C=O) groups is 1. The molecule has 0 aliphatic heterocycles. The zero-order chi connectivity index (χ0) is 20.1. The minimum Gasteiger partial charge on any atom is -0.467 e. The van der Waals surface area contributed by atoms with Crippen LogP contribution in [0.5, 0.6) is 0 Å². The maximum absolute atomic E-state index is 13.9. The number of amides is 1. The third-order valence-electron chi connectivity index (χ3n) is 4.09. The fourth-order valence-corrected chi connectivity index (χ4v) is 3.52. The Kier molecular flexibility index (Phi) is 5.79. The molecule has 146 valence electrons. The number of hydrogen-bond donors (Lipinski definition) is 1. The van der Waals surface area contributed by atoms with Crippen LogP contribution in [0.25, 0.3) is 0 Å². The van der Waals surface area contributed by atoms with Gasteiger partial charge in [0.05, 0.1) is 31.3 Å². The number of sulfonamides is 1. The molecule has 28 heavy (non-hydrogen) atoms. The van der Waals surface area contributed by atoms with Gasteiger partial charge in [-0.25, -0.2) is 12.8 Å². The van der Waals surface area contributed by atoms with Crippen molar-refractivity contribution in [2.75, 3.05) is 10.6 Å². The van der Waals surface area contributed by atoms with Gasteiger partial charge in [-0.3, -0.25) is 9.10 Å². The molecule has 1 aromatic heterocycles. The van der Waals surface area contributed by atoms with Crippen molar-refractivity contribution in [3.8, 4) is 0 Å². The number of carbonyl (C=O) groups excluding carboxylic acids is 1. The van der Waals surface area contributed by atoms with Crippen LogP contribution in [0, 0.1) is 5.82 Å². The van der Waals surface area contributed by atoms with Gasteiger partial charge in [0.15, 0.2) is 0 Å². The van der Waals surface area contributed by atoms with E-state index in [1.54, 1.807) is 24.3 Å². The first kappa shape index (κ1) is 19.6. The highest BCUT2D eigenvalue weighted by molar-refractivity contribution is 7.92. The van der Waals surface area contributed by atoms with E-state index in [0.29, 0.717) is 17.0 Å². The minimum absolute atomic E-state index is 0.143. The molecule has 0 fully saturated rings. The molecule has 0 unspecified atom stereocenters. The average Bonchev–Trinajstić information content (AvgIpc) is 3.18. The van der Waals surface area contributed by atoms with Gasteiger partial charge in [-0.05, 0) is 42.5 Å². The summed E-state index contributed by atoms with van der Waals surface area (Å²) in [4.78, 5) is 12.2. The lowest BCUT2D eigenvalue weighted by Gasteiger charge is -2.23. The van der Waals surface area contributed by atoms with E-state index >= 15 is 0 Å². The van der Waals surface area contributed by atoms with Crippen LogP contribution in [0.15, 0.2) is 71.3 Å². The number of halogens is 1. The molecule has 3 rings (SSSR count). The summed E-state index contributed by atoms with van der Waals surface area (Å²) >= 11 is 0. The van der Waals surface area contributed by atoms with Crippen molar-refractivity contribution < 1.29 is 22.0 Å². The summed E-state index contributed by atoms with van der Waals surface area (Å²) in [5, 5.41) is 2.71. The van der Waals surface area contributed by atoms with Crippen LogP contribution in [-0.4, -0.2) is 20.6 Å². The Hall–Kier alpha value is -3.13. The second-order valence-electron chi connectivity index (χ2n) is 6.17. The van der Waals surface area contributed by atoms with E-state index in [2.05, 4.69) is 5.32 Å². The van der Waals surface area contributed by atoms with Gasteiger partial charge in [0, 0.05) is 11.1 Å². The molecule has 6 nitrogen and oxygen atoms in total. The van der Waals surface area contributed by atoms with Gasteiger partial charge in [-0.1, -0.05) is 18.2 Å². The molecule has 0 radical (unpaired) electrons. The van der Waals surface area contributed by atoms with E-state index in [9.17, 15) is 17.6 Å². The molecule has 0 aliphatic carbocycles.